The summed E-state index contributed by atoms with van der Waals surface area (Å²) < 4.78 is 64.3. The van der Waals surface area contributed by atoms with Crippen LogP contribution in [-0.4, -0.2) is 25.2 Å². The van der Waals surface area contributed by atoms with Crippen molar-refractivity contribution in [2.45, 2.75) is 11.1 Å². The number of nitrogens with zero attached hydrogens (tertiary/aromatic N) is 2. The molecular weight excluding hydrogens is 381 g/mol. The molecule has 0 bridgehead atoms. The summed E-state index contributed by atoms with van der Waals surface area (Å²) in [6, 6.07) is 13.6. The molecule has 6 nitrogen and oxygen atoms in total. The fourth-order valence-corrected chi connectivity index (χ4v) is 3.20. The van der Waals surface area contributed by atoms with E-state index in [4.69, 9.17) is 5.14 Å². The van der Waals surface area contributed by atoms with E-state index in [2.05, 4.69) is 10.4 Å². The summed E-state index contributed by atoms with van der Waals surface area (Å²) in [6.07, 6.45) is -4.67. The van der Waals surface area contributed by atoms with Crippen LogP contribution in [0.2, 0.25) is 0 Å². The van der Waals surface area contributed by atoms with Gasteiger partial charge >= 0.3 is 6.18 Å². The lowest BCUT2D eigenvalue weighted by atomic mass is 10.1. The molecule has 142 valence electrons. The Morgan fingerprint density at radius 3 is 2.11 bits per heavy atom. The minimum absolute atomic E-state index is 0.149. The number of nitrogens with one attached hydrogen (secondary N) is 1. The summed E-state index contributed by atoms with van der Waals surface area (Å²) in [5.74, 6) is 0. The first kappa shape index (κ1) is 18.9. The van der Waals surface area contributed by atoms with E-state index < -0.39 is 21.9 Å². The first-order valence-electron chi connectivity index (χ1n) is 7.69. The van der Waals surface area contributed by atoms with Gasteiger partial charge in [0.1, 0.15) is 0 Å². The van der Waals surface area contributed by atoms with Gasteiger partial charge in [0.2, 0.25) is 10.0 Å². The van der Waals surface area contributed by atoms with Gasteiger partial charge in [0.15, 0.2) is 5.69 Å². The Kier molecular flexibility index (Phi) is 4.70. The van der Waals surface area contributed by atoms with E-state index >= 15 is 0 Å². The summed E-state index contributed by atoms with van der Waals surface area (Å²) in [7, 11) is -2.53. The highest BCUT2D eigenvalue weighted by atomic mass is 32.2. The zero-order chi connectivity index (χ0) is 19.8. The molecule has 1 heterocycles. The van der Waals surface area contributed by atoms with Crippen molar-refractivity contribution in [3.05, 3.63) is 60.3 Å². The number of primary sulfonamides is 1. The van der Waals surface area contributed by atoms with Crippen molar-refractivity contribution in [1.82, 2.24) is 9.78 Å². The van der Waals surface area contributed by atoms with Crippen LogP contribution in [0.1, 0.15) is 5.69 Å². The molecule has 0 saturated carbocycles. The Balaban J connectivity index is 2.27. The van der Waals surface area contributed by atoms with E-state index in [-0.39, 0.29) is 22.0 Å². The number of rotatable bonds is 4. The van der Waals surface area contributed by atoms with Gasteiger partial charge in [-0.05, 0) is 24.3 Å². The molecule has 1 aromatic heterocycles. The number of aromatic nitrogens is 2. The molecule has 2 aromatic carbocycles. The number of hydrogen-bond acceptors (Lipinski definition) is 4. The summed E-state index contributed by atoms with van der Waals surface area (Å²) in [4.78, 5) is -0.149. The molecule has 0 spiro atoms. The number of benzene rings is 2. The standard InChI is InChI=1S/C17H15F3N4O2S/c1-22-14-15(11-5-3-2-4-6-11)24(23-16(14)17(18,19)20)12-7-9-13(10-8-12)27(21,25)26/h2-10,22H,1H3,(H2,21,25,26). The highest BCUT2D eigenvalue weighted by Crippen LogP contribution is 2.41. The molecule has 0 aliphatic rings. The van der Waals surface area contributed by atoms with Crippen molar-refractivity contribution in [1.29, 1.82) is 0 Å². The first-order chi connectivity index (χ1) is 12.6. The monoisotopic (exact) mass is 396 g/mol. The molecule has 10 heteroatoms. The molecule has 3 aromatic rings. The molecule has 0 radical (unpaired) electrons. The second kappa shape index (κ2) is 6.71. The maximum atomic E-state index is 13.5. The Morgan fingerprint density at radius 1 is 1.04 bits per heavy atom. The molecular formula is C17H15F3N4O2S. The van der Waals surface area contributed by atoms with Crippen molar-refractivity contribution in [2.75, 3.05) is 12.4 Å². The van der Waals surface area contributed by atoms with E-state index in [1.54, 1.807) is 30.3 Å². The van der Waals surface area contributed by atoms with Crippen LogP contribution in [0.5, 0.6) is 0 Å². The fraction of sp³-hybridized carbons (Fsp3) is 0.118. The zero-order valence-corrected chi connectivity index (χ0v) is 14.8. The highest BCUT2D eigenvalue weighted by molar-refractivity contribution is 7.89. The predicted octanol–water partition coefficient (Wildman–Crippen LogP) is 3.25. The number of nitrogens with two attached hydrogens (primary N) is 1. The third-order valence-electron chi connectivity index (χ3n) is 3.86. The van der Waals surface area contributed by atoms with E-state index in [0.29, 0.717) is 5.56 Å². The normalized spacial score (nSPS) is 12.2. The van der Waals surface area contributed by atoms with Gasteiger partial charge in [-0.25, -0.2) is 18.2 Å². The van der Waals surface area contributed by atoms with Gasteiger partial charge in [-0.1, -0.05) is 30.3 Å². The Morgan fingerprint density at radius 2 is 1.63 bits per heavy atom. The highest BCUT2D eigenvalue weighted by Gasteiger charge is 2.39. The molecule has 0 unspecified atom stereocenters. The van der Waals surface area contributed by atoms with Gasteiger partial charge in [0.25, 0.3) is 0 Å². The first-order valence-corrected chi connectivity index (χ1v) is 9.24. The van der Waals surface area contributed by atoms with Crippen LogP contribution >= 0.6 is 0 Å². The van der Waals surface area contributed by atoms with Crippen LogP contribution in [0.25, 0.3) is 16.9 Å². The number of alkyl halides is 3. The van der Waals surface area contributed by atoms with E-state index in [0.717, 1.165) is 4.68 Å². The minimum Gasteiger partial charge on any atom is -0.385 e. The quantitative estimate of drug-likeness (QED) is 0.708. The number of sulfonamides is 1. The largest absolute Gasteiger partial charge is 0.437 e. The molecule has 0 atom stereocenters. The SMILES string of the molecule is CNc1c(C(F)(F)F)nn(-c2ccc(S(N)(=O)=O)cc2)c1-c1ccccc1. The molecule has 3 rings (SSSR count). The lowest BCUT2D eigenvalue weighted by Gasteiger charge is -2.10. The van der Waals surface area contributed by atoms with E-state index in [9.17, 15) is 21.6 Å². The molecule has 0 fully saturated rings. The van der Waals surface area contributed by atoms with Crippen LogP contribution in [0.4, 0.5) is 18.9 Å². The predicted molar refractivity (Wildman–Crippen MR) is 94.9 cm³/mol. The van der Waals surface area contributed by atoms with Gasteiger partial charge in [-0.15, -0.1) is 0 Å². The van der Waals surface area contributed by atoms with E-state index in [1.165, 1.54) is 31.3 Å². The van der Waals surface area contributed by atoms with Crippen LogP contribution in [-0.2, 0) is 16.2 Å². The number of halogens is 3. The third-order valence-corrected chi connectivity index (χ3v) is 4.79. The summed E-state index contributed by atoms with van der Waals surface area (Å²) in [5.41, 5.74) is -0.272. The molecule has 0 amide bonds. The zero-order valence-electron chi connectivity index (χ0n) is 14.0. The number of hydrogen-bond donors (Lipinski definition) is 2. The fourth-order valence-electron chi connectivity index (χ4n) is 2.68. The lowest BCUT2D eigenvalue weighted by Crippen LogP contribution is -2.12. The van der Waals surface area contributed by atoms with Gasteiger partial charge in [0.05, 0.1) is 22.0 Å². The van der Waals surface area contributed by atoms with Crippen molar-refractivity contribution >= 4 is 15.7 Å². The molecule has 0 saturated heterocycles. The lowest BCUT2D eigenvalue weighted by molar-refractivity contribution is -0.140. The topological polar surface area (TPSA) is 90.0 Å². The second-order valence-corrected chi connectivity index (χ2v) is 7.20. The van der Waals surface area contributed by atoms with Crippen molar-refractivity contribution in [3.8, 4) is 16.9 Å². The van der Waals surface area contributed by atoms with Gasteiger partial charge in [-0.2, -0.15) is 18.3 Å². The van der Waals surface area contributed by atoms with Crippen LogP contribution in [0.3, 0.4) is 0 Å². The van der Waals surface area contributed by atoms with Crippen LogP contribution < -0.4 is 10.5 Å². The Bertz CT molecular complexity index is 1060. The molecule has 3 N–H and O–H groups in total. The minimum atomic E-state index is -4.67. The Hall–Kier alpha value is -2.85. The molecule has 27 heavy (non-hydrogen) atoms. The summed E-state index contributed by atoms with van der Waals surface area (Å²) >= 11 is 0. The van der Waals surface area contributed by atoms with E-state index in [1.807, 2.05) is 0 Å². The maximum absolute atomic E-state index is 13.5. The second-order valence-electron chi connectivity index (χ2n) is 5.64. The van der Waals surface area contributed by atoms with Crippen molar-refractivity contribution in [3.63, 3.8) is 0 Å². The van der Waals surface area contributed by atoms with Gasteiger partial charge in [-0.3, -0.25) is 0 Å². The third kappa shape index (κ3) is 3.67. The smallest absolute Gasteiger partial charge is 0.385 e. The van der Waals surface area contributed by atoms with Crippen LogP contribution in [0.15, 0.2) is 59.5 Å². The molecule has 0 aliphatic heterocycles. The summed E-state index contributed by atoms with van der Waals surface area (Å²) in [6.45, 7) is 0. The summed E-state index contributed by atoms with van der Waals surface area (Å²) in [5, 5.41) is 11.4. The average Bonchev–Trinajstić information content (AvgIpc) is 3.02. The van der Waals surface area contributed by atoms with Crippen molar-refractivity contribution < 1.29 is 21.6 Å². The average molecular weight is 396 g/mol. The van der Waals surface area contributed by atoms with Gasteiger partial charge in [0, 0.05) is 12.6 Å². The van der Waals surface area contributed by atoms with Crippen molar-refractivity contribution in [2.24, 2.45) is 5.14 Å². The van der Waals surface area contributed by atoms with Crippen LogP contribution in [0, 0.1) is 0 Å². The number of anilines is 1. The molecule has 0 aliphatic carbocycles. The van der Waals surface area contributed by atoms with Gasteiger partial charge < -0.3 is 5.32 Å². The Labute approximate surface area is 153 Å². The maximum Gasteiger partial charge on any atom is 0.437 e.